The highest BCUT2D eigenvalue weighted by Crippen LogP contribution is 2.32. The van der Waals surface area contributed by atoms with Crippen molar-refractivity contribution in [2.24, 2.45) is 0 Å². The van der Waals surface area contributed by atoms with Crippen molar-refractivity contribution in [1.82, 2.24) is 10.6 Å². The lowest BCUT2D eigenvalue weighted by Crippen LogP contribution is -2.45. The summed E-state index contributed by atoms with van der Waals surface area (Å²) >= 11 is 7.48. The van der Waals surface area contributed by atoms with Gasteiger partial charge in [-0.05, 0) is 36.1 Å². The van der Waals surface area contributed by atoms with E-state index in [4.69, 9.17) is 11.6 Å². The highest BCUT2D eigenvalue weighted by Gasteiger charge is 2.27. The van der Waals surface area contributed by atoms with Gasteiger partial charge in [0.1, 0.15) is 5.60 Å². The van der Waals surface area contributed by atoms with Crippen molar-refractivity contribution in [3.05, 3.63) is 70.1 Å². The Morgan fingerprint density at radius 1 is 1.07 bits per heavy atom. The Labute approximate surface area is 166 Å². The number of aliphatic hydroxyl groups is 1. The lowest BCUT2D eigenvalue weighted by Gasteiger charge is -2.22. The fourth-order valence-corrected chi connectivity index (χ4v) is 3.87. The first-order valence-electron chi connectivity index (χ1n) is 8.38. The molecule has 140 valence electrons. The van der Waals surface area contributed by atoms with Crippen LogP contribution >= 0.6 is 22.9 Å². The molecule has 2 aromatic carbocycles. The predicted molar refractivity (Wildman–Crippen MR) is 108 cm³/mol. The van der Waals surface area contributed by atoms with Crippen LogP contribution in [0.1, 0.15) is 17.4 Å². The van der Waals surface area contributed by atoms with Crippen molar-refractivity contribution >= 4 is 44.8 Å². The first kappa shape index (κ1) is 19.4. The summed E-state index contributed by atoms with van der Waals surface area (Å²) in [6.45, 7) is 1.69. The van der Waals surface area contributed by atoms with Crippen molar-refractivity contribution in [3.63, 3.8) is 0 Å². The number of nitrogens with one attached hydrogen (secondary N) is 2. The van der Waals surface area contributed by atoms with Gasteiger partial charge in [-0.3, -0.25) is 9.59 Å². The lowest BCUT2D eigenvalue weighted by molar-refractivity contribution is -0.139. The molecule has 0 spiro atoms. The van der Waals surface area contributed by atoms with E-state index in [0.29, 0.717) is 5.02 Å². The van der Waals surface area contributed by atoms with Crippen LogP contribution in [0.2, 0.25) is 5.02 Å². The van der Waals surface area contributed by atoms with Crippen molar-refractivity contribution in [2.75, 3.05) is 6.54 Å². The van der Waals surface area contributed by atoms with Crippen LogP contribution in [0.3, 0.4) is 0 Å². The Balaban J connectivity index is 1.57. The number of thiophene rings is 1. The summed E-state index contributed by atoms with van der Waals surface area (Å²) in [6, 6.07) is 16.8. The second kappa shape index (κ2) is 8.08. The van der Waals surface area contributed by atoms with Gasteiger partial charge in [-0.25, -0.2) is 0 Å². The monoisotopic (exact) mass is 402 g/mol. The zero-order valence-corrected chi connectivity index (χ0v) is 16.2. The summed E-state index contributed by atoms with van der Waals surface area (Å²) in [5, 5.41) is 17.3. The van der Waals surface area contributed by atoms with Crippen molar-refractivity contribution in [1.29, 1.82) is 0 Å². The van der Waals surface area contributed by atoms with E-state index in [1.807, 2.05) is 30.3 Å². The Morgan fingerprint density at radius 2 is 1.74 bits per heavy atom. The molecule has 0 bridgehead atoms. The van der Waals surface area contributed by atoms with E-state index >= 15 is 0 Å². The van der Waals surface area contributed by atoms with Gasteiger partial charge in [0.25, 0.3) is 0 Å². The molecule has 3 N–H and O–H groups in total. The number of halogens is 1. The molecule has 0 aliphatic carbocycles. The quantitative estimate of drug-likeness (QED) is 0.573. The molecule has 3 rings (SSSR count). The third kappa shape index (κ3) is 4.66. The van der Waals surface area contributed by atoms with Crippen LogP contribution in [0.15, 0.2) is 54.6 Å². The van der Waals surface area contributed by atoms with Gasteiger partial charge in [0, 0.05) is 21.1 Å². The SMILES string of the molecule is CC(O)(CNC(=O)C(=O)NCc1ccccc1Cl)c1cc2ccccc2s1. The largest absolute Gasteiger partial charge is 0.383 e. The zero-order valence-electron chi connectivity index (χ0n) is 14.7. The molecule has 0 aliphatic rings. The molecule has 0 fully saturated rings. The molecule has 0 radical (unpaired) electrons. The van der Waals surface area contributed by atoms with E-state index in [9.17, 15) is 14.7 Å². The lowest BCUT2D eigenvalue weighted by atomic mass is 10.0. The van der Waals surface area contributed by atoms with Crippen LogP contribution in [0, 0.1) is 0 Å². The normalized spacial score (nSPS) is 13.1. The standard InChI is InChI=1S/C20H19ClN2O3S/c1-20(26,17-10-13-6-3-5-9-16(13)27-17)12-23-19(25)18(24)22-11-14-7-2-4-8-15(14)21/h2-10,26H,11-12H2,1H3,(H,22,24)(H,23,25). The van der Waals surface area contributed by atoms with Crippen molar-refractivity contribution < 1.29 is 14.7 Å². The molecule has 3 aromatic rings. The smallest absolute Gasteiger partial charge is 0.309 e. The number of carbonyl (C=O) groups excluding carboxylic acids is 2. The third-order valence-electron chi connectivity index (χ3n) is 4.15. The van der Waals surface area contributed by atoms with E-state index in [0.717, 1.165) is 20.5 Å². The topological polar surface area (TPSA) is 78.4 Å². The van der Waals surface area contributed by atoms with E-state index in [-0.39, 0.29) is 13.1 Å². The fourth-order valence-electron chi connectivity index (χ4n) is 2.56. The molecular weight excluding hydrogens is 384 g/mol. The molecule has 1 heterocycles. The number of amides is 2. The Bertz CT molecular complexity index is 951. The maximum absolute atomic E-state index is 12.0. The number of fused-ring (bicyclic) bond motifs is 1. The molecule has 5 nitrogen and oxygen atoms in total. The predicted octanol–water partition coefficient (Wildman–Crippen LogP) is 3.19. The van der Waals surface area contributed by atoms with Crippen LogP contribution in [-0.2, 0) is 21.7 Å². The Kier molecular flexibility index (Phi) is 5.79. The molecule has 1 aromatic heterocycles. The van der Waals surface area contributed by atoms with Crippen LogP contribution in [0.5, 0.6) is 0 Å². The van der Waals surface area contributed by atoms with Crippen LogP contribution in [-0.4, -0.2) is 23.5 Å². The summed E-state index contributed by atoms with van der Waals surface area (Å²) in [4.78, 5) is 24.7. The molecule has 0 saturated heterocycles. The number of rotatable bonds is 5. The number of hydrogen-bond acceptors (Lipinski definition) is 4. The molecule has 27 heavy (non-hydrogen) atoms. The molecule has 2 amide bonds. The average Bonchev–Trinajstić information content (AvgIpc) is 3.10. The van der Waals surface area contributed by atoms with Gasteiger partial charge in [0.05, 0.1) is 6.54 Å². The average molecular weight is 403 g/mol. The summed E-state index contributed by atoms with van der Waals surface area (Å²) < 4.78 is 1.05. The van der Waals surface area contributed by atoms with E-state index < -0.39 is 17.4 Å². The van der Waals surface area contributed by atoms with E-state index in [2.05, 4.69) is 10.6 Å². The number of hydrogen-bond donors (Lipinski definition) is 3. The van der Waals surface area contributed by atoms with Crippen molar-refractivity contribution in [2.45, 2.75) is 19.1 Å². The van der Waals surface area contributed by atoms with Crippen LogP contribution in [0.4, 0.5) is 0 Å². The van der Waals surface area contributed by atoms with Gasteiger partial charge in [0.15, 0.2) is 0 Å². The first-order valence-corrected chi connectivity index (χ1v) is 9.57. The van der Waals surface area contributed by atoms with Crippen LogP contribution < -0.4 is 10.6 Å². The maximum atomic E-state index is 12.0. The minimum atomic E-state index is -1.28. The van der Waals surface area contributed by atoms with Gasteiger partial charge in [0.2, 0.25) is 0 Å². The molecule has 0 aliphatic heterocycles. The second-order valence-corrected chi connectivity index (χ2v) is 7.87. The van der Waals surface area contributed by atoms with Gasteiger partial charge in [-0.1, -0.05) is 48.0 Å². The minimum Gasteiger partial charge on any atom is -0.383 e. The first-order chi connectivity index (χ1) is 12.9. The van der Waals surface area contributed by atoms with E-state index in [1.54, 1.807) is 31.2 Å². The maximum Gasteiger partial charge on any atom is 0.309 e. The van der Waals surface area contributed by atoms with Gasteiger partial charge in [-0.2, -0.15) is 0 Å². The summed E-state index contributed by atoms with van der Waals surface area (Å²) in [6.07, 6.45) is 0. The Morgan fingerprint density at radius 3 is 2.48 bits per heavy atom. The second-order valence-electron chi connectivity index (χ2n) is 6.38. The van der Waals surface area contributed by atoms with E-state index in [1.165, 1.54) is 11.3 Å². The summed E-state index contributed by atoms with van der Waals surface area (Å²) in [7, 11) is 0. The highest BCUT2D eigenvalue weighted by atomic mass is 35.5. The molecule has 1 atom stereocenters. The summed E-state index contributed by atoms with van der Waals surface area (Å²) in [5.74, 6) is -1.58. The van der Waals surface area contributed by atoms with Gasteiger partial charge in [-0.15, -0.1) is 11.3 Å². The Hall–Kier alpha value is -2.41. The zero-order chi connectivity index (χ0) is 19.4. The third-order valence-corrected chi connectivity index (χ3v) is 5.89. The highest BCUT2D eigenvalue weighted by molar-refractivity contribution is 7.19. The summed E-state index contributed by atoms with van der Waals surface area (Å²) in [5.41, 5.74) is -0.555. The molecular formula is C20H19ClN2O3S. The number of carbonyl (C=O) groups is 2. The minimum absolute atomic E-state index is 0.0713. The fraction of sp³-hybridized carbons (Fsp3) is 0.200. The molecule has 7 heteroatoms. The molecule has 0 saturated carbocycles. The van der Waals surface area contributed by atoms with Crippen molar-refractivity contribution in [3.8, 4) is 0 Å². The number of benzene rings is 2. The molecule has 1 unspecified atom stereocenters. The van der Waals surface area contributed by atoms with Gasteiger partial charge >= 0.3 is 11.8 Å². The van der Waals surface area contributed by atoms with Gasteiger partial charge < -0.3 is 15.7 Å². The van der Waals surface area contributed by atoms with Crippen LogP contribution in [0.25, 0.3) is 10.1 Å².